The number of ether oxygens (including phenoxy) is 3. The molecule has 1 N–H and O–H groups in total. The number of halogens is 3. The van der Waals surface area contributed by atoms with E-state index in [0.717, 1.165) is 51.9 Å². The average molecular weight is 480 g/mol. The highest BCUT2D eigenvalue weighted by molar-refractivity contribution is 5.95. The van der Waals surface area contributed by atoms with Crippen molar-refractivity contribution in [1.29, 1.82) is 0 Å². The lowest BCUT2D eigenvalue weighted by atomic mass is 9.88. The van der Waals surface area contributed by atoms with E-state index in [0.29, 0.717) is 35.6 Å². The van der Waals surface area contributed by atoms with Crippen LogP contribution in [0.15, 0.2) is 54.7 Å². The lowest BCUT2D eigenvalue weighted by molar-refractivity contribution is -0.686. The third-order valence-corrected chi connectivity index (χ3v) is 6.72. The molecule has 3 heterocycles. The summed E-state index contributed by atoms with van der Waals surface area (Å²) in [4.78, 5) is 0. The molecule has 6 rings (SSSR count). The van der Waals surface area contributed by atoms with Gasteiger partial charge in [-0.15, -0.1) is 0 Å². The molecule has 0 saturated heterocycles. The number of rotatable bonds is 3. The predicted octanol–water partition coefficient (Wildman–Crippen LogP) is 5.40. The van der Waals surface area contributed by atoms with Gasteiger partial charge in [-0.1, -0.05) is 12.1 Å². The molecule has 0 bridgehead atoms. The van der Waals surface area contributed by atoms with Crippen molar-refractivity contribution in [2.45, 2.75) is 25.6 Å². The summed E-state index contributed by atoms with van der Waals surface area (Å²) >= 11 is 0. The summed E-state index contributed by atoms with van der Waals surface area (Å²) < 4.78 is 57.9. The third-order valence-electron chi connectivity index (χ3n) is 6.72. The van der Waals surface area contributed by atoms with Crippen LogP contribution in [-0.4, -0.2) is 19.0 Å². The molecule has 2 aliphatic heterocycles. The van der Waals surface area contributed by atoms with Crippen LogP contribution < -0.4 is 18.8 Å². The summed E-state index contributed by atoms with van der Waals surface area (Å²) in [6.45, 7) is 0.844. The zero-order valence-corrected chi connectivity index (χ0v) is 18.8. The predicted molar refractivity (Wildman–Crippen MR) is 122 cm³/mol. The van der Waals surface area contributed by atoms with E-state index in [1.165, 1.54) is 19.2 Å². The van der Waals surface area contributed by atoms with Crippen molar-refractivity contribution in [1.82, 2.24) is 0 Å². The van der Waals surface area contributed by atoms with Gasteiger partial charge in [0, 0.05) is 23.8 Å². The Labute approximate surface area is 198 Å². The molecule has 8 heteroatoms. The first kappa shape index (κ1) is 21.6. The molecule has 0 fully saturated rings. The molecule has 4 aromatic rings. The standard InChI is InChI=1S/C27H20F3NO4/c1-33-22-7-6-18-20(10-15-2-4-17(5-3-15)27(28,29)30)25-19-12-24-23(34-14-35-24)11-16(19)8-9-31(25)13-21(18)26(22)32/h2-7,11-13H,8-10,14H2,1H3/p+1. The molecule has 3 aromatic carbocycles. The molecule has 35 heavy (non-hydrogen) atoms. The van der Waals surface area contributed by atoms with Crippen molar-refractivity contribution in [2.24, 2.45) is 0 Å². The fraction of sp³-hybridized carbons (Fsp3) is 0.222. The Hall–Kier alpha value is -3.94. The smallest absolute Gasteiger partial charge is 0.416 e. The van der Waals surface area contributed by atoms with E-state index in [2.05, 4.69) is 4.57 Å². The number of aromatic hydroxyl groups is 1. The largest absolute Gasteiger partial charge is 0.504 e. The molecule has 0 radical (unpaired) electrons. The van der Waals surface area contributed by atoms with Gasteiger partial charge in [0.2, 0.25) is 12.5 Å². The van der Waals surface area contributed by atoms with Crippen molar-refractivity contribution >= 4 is 10.8 Å². The number of aromatic nitrogens is 1. The number of alkyl halides is 3. The Morgan fingerprint density at radius 3 is 2.46 bits per heavy atom. The molecule has 0 atom stereocenters. The van der Waals surface area contributed by atoms with Crippen molar-refractivity contribution in [3.8, 4) is 34.3 Å². The zero-order valence-electron chi connectivity index (χ0n) is 18.8. The van der Waals surface area contributed by atoms with Gasteiger partial charge in [0.15, 0.2) is 35.7 Å². The number of benzene rings is 3. The minimum atomic E-state index is -4.39. The summed E-state index contributed by atoms with van der Waals surface area (Å²) in [5.74, 6) is 1.77. The van der Waals surface area contributed by atoms with Gasteiger partial charge in [-0.25, -0.2) is 0 Å². The minimum absolute atomic E-state index is 0.0328. The number of phenolic OH excluding ortho intramolecular Hbond substituents is 1. The Morgan fingerprint density at radius 2 is 1.74 bits per heavy atom. The minimum Gasteiger partial charge on any atom is -0.504 e. The van der Waals surface area contributed by atoms with Crippen LogP contribution >= 0.6 is 0 Å². The first-order chi connectivity index (χ1) is 16.8. The Balaban J connectivity index is 1.58. The fourth-order valence-corrected chi connectivity index (χ4v) is 5.01. The number of methoxy groups -OCH3 is 1. The topological polar surface area (TPSA) is 51.8 Å². The van der Waals surface area contributed by atoms with Gasteiger partial charge in [0.05, 0.1) is 23.6 Å². The Bertz CT molecular complexity index is 1480. The highest BCUT2D eigenvalue weighted by atomic mass is 19.4. The van der Waals surface area contributed by atoms with E-state index in [-0.39, 0.29) is 12.5 Å². The van der Waals surface area contributed by atoms with E-state index >= 15 is 0 Å². The van der Waals surface area contributed by atoms with Crippen LogP contribution in [0.2, 0.25) is 0 Å². The quantitative estimate of drug-likeness (QED) is 0.399. The van der Waals surface area contributed by atoms with E-state index < -0.39 is 11.7 Å². The van der Waals surface area contributed by atoms with Gasteiger partial charge in [-0.3, -0.25) is 0 Å². The molecule has 0 amide bonds. The first-order valence-corrected chi connectivity index (χ1v) is 11.2. The molecular formula is C27H21F3NO4+. The maximum atomic E-state index is 13.1. The number of pyridine rings is 1. The number of phenols is 1. The maximum Gasteiger partial charge on any atom is 0.416 e. The molecular weight excluding hydrogens is 459 g/mol. The van der Waals surface area contributed by atoms with Gasteiger partial charge in [-0.05, 0) is 47.5 Å². The Kier molecular flexibility index (Phi) is 4.81. The van der Waals surface area contributed by atoms with Gasteiger partial charge < -0.3 is 19.3 Å². The van der Waals surface area contributed by atoms with Crippen molar-refractivity contribution < 1.29 is 37.1 Å². The second-order valence-corrected chi connectivity index (χ2v) is 8.71. The normalized spacial score (nSPS) is 14.1. The number of aryl methyl sites for hydroxylation is 2. The van der Waals surface area contributed by atoms with E-state index in [4.69, 9.17) is 14.2 Å². The molecule has 0 unspecified atom stereocenters. The molecule has 2 aliphatic rings. The molecule has 0 spiro atoms. The summed E-state index contributed by atoms with van der Waals surface area (Å²) in [5, 5.41) is 12.3. The van der Waals surface area contributed by atoms with Crippen LogP contribution in [0.3, 0.4) is 0 Å². The average Bonchev–Trinajstić information content (AvgIpc) is 3.30. The summed E-state index contributed by atoms with van der Waals surface area (Å²) in [7, 11) is 1.49. The van der Waals surface area contributed by atoms with E-state index in [1.807, 2.05) is 24.4 Å². The second-order valence-electron chi connectivity index (χ2n) is 8.71. The summed E-state index contributed by atoms with van der Waals surface area (Å²) in [5.41, 5.74) is 3.99. The van der Waals surface area contributed by atoms with Crippen molar-refractivity contribution in [3.63, 3.8) is 0 Å². The van der Waals surface area contributed by atoms with Crippen molar-refractivity contribution in [3.05, 3.63) is 77.0 Å². The first-order valence-electron chi connectivity index (χ1n) is 11.2. The highest BCUT2D eigenvalue weighted by Crippen LogP contribution is 2.44. The maximum absolute atomic E-state index is 13.1. The zero-order chi connectivity index (χ0) is 24.3. The highest BCUT2D eigenvalue weighted by Gasteiger charge is 2.33. The number of fused-ring (bicyclic) bond motifs is 5. The number of nitrogens with zero attached hydrogens (tertiary/aromatic N) is 1. The number of hydrogen-bond acceptors (Lipinski definition) is 4. The summed E-state index contributed by atoms with van der Waals surface area (Å²) in [6.07, 6.45) is -1.34. The van der Waals surface area contributed by atoms with Gasteiger partial charge >= 0.3 is 6.18 Å². The lowest BCUT2D eigenvalue weighted by Gasteiger charge is -2.20. The van der Waals surface area contributed by atoms with Crippen LogP contribution in [0, 0.1) is 0 Å². The third kappa shape index (κ3) is 3.51. The van der Waals surface area contributed by atoms with Gasteiger partial charge in [0.1, 0.15) is 0 Å². The van der Waals surface area contributed by atoms with Gasteiger partial charge in [-0.2, -0.15) is 17.7 Å². The number of hydrogen-bond donors (Lipinski definition) is 1. The van der Waals surface area contributed by atoms with Crippen molar-refractivity contribution in [2.75, 3.05) is 13.9 Å². The van der Waals surface area contributed by atoms with Gasteiger partial charge in [0.25, 0.3) is 0 Å². The van der Waals surface area contributed by atoms with Crippen LogP contribution in [0.1, 0.15) is 22.3 Å². The SMILES string of the molecule is COc1ccc2c(Cc3ccc(C(F)(F)F)cc3)c3[n+](cc2c1O)CCc1cc2c(cc1-3)OCO2. The van der Waals surface area contributed by atoms with E-state index in [9.17, 15) is 18.3 Å². The van der Waals surface area contributed by atoms with Crippen LogP contribution in [0.25, 0.3) is 22.0 Å². The second kappa shape index (κ2) is 7.80. The molecule has 5 nitrogen and oxygen atoms in total. The fourth-order valence-electron chi connectivity index (χ4n) is 5.01. The monoisotopic (exact) mass is 480 g/mol. The van der Waals surface area contributed by atoms with Crippen LogP contribution in [0.5, 0.6) is 23.0 Å². The molecule has 0 aliphatic carbocycles. The molecule has 0 saturated carbocycles. The molecule has 1 aromatic heterocycles. The molecule has 178 valence electrons. The Morgan fingerprint density at radius 1 is 1.00 bits per heavy atom. The summed E-state index contributed by atoms with van der Waals surface area (Å²) in [6, 6.07) is 12.8. The van der Waals surface area contributed by atoms with Crippen LogP contribution in [0.4, 0.5) is 13.2 Å². The lowest BCUT2D eigenvalue weighted by Crippen LogP contribution is -2.41. The van der Waals surface area contributed by atoms with E-state index in [1.54, 1.807) is 6.07 Å². The van der Waals surface area contributed by atoms with Crippen LogP contribution in [-0.2, 0) is 25.6 Å².